The third-order valence-electron chi connectivity index (χ3n) is 9.09. The number of aromatic nitrogens is 2. The minimum Gasteiger partial charge on any atom is -0.461 e. The van der Waals surface area contributed by atoms with Crippen LogP contribution < -0.4 is 15.4 Å². The first-order valence-electron chi connectivity index (χ1n) is 14.4. The van der Waals surface area contributed by atoms with Crippen molar-refractivity contribution in [3.8, 4) is 23.2 Å². The third-order valence-corrected chi connectivity index (χ3v) is 10.1. The van der Waals surface area contributed by atoms with E-state index >= 15 is 4.39 Å². The molecule has 5 heterocycles. The van der Waals surface area contributed by atoms with Gasteiger partial charge in [0.15, 0.2) is 5.82 Å². The molecule has 3 aliphatic rings. The number of aliphatic hydroxyl groups excluding tert-OH is 1. The molecule has 3 aliphatic heterocycles. The number of nitrogen functional groups attached to an aromatic ring is 1. The van der Waals surface area contributed by atoms with Crippen molar-refractivity contribution in [1.82, 2.24) is 14.9 Å². The monoisotopic (exact) mass is 648 g/mol. The second-order valence-corrected chi connectivity index (χ2v) is 12.9. The van der Waals surface area contributed by atoms with Gasteiger partial charge in [0.05, 0.1) is 27.5 Å². The molecular formula is C30H26F6N6O2S. The molecule has 0 bridgehead atoms. The van der Waals surface area contributed by atoms with Gasteiger partial charge in [0.25, 0.3) is 0 Å². The number of benzene rings is 2. The van der Waals surface area contributed by atoms with E-state index in [-0.39, 0.29) is 76.1 Å². The molecule has 7 rings (SSSR count). The fourth-order valence-electron chi connectivity index (χ4n) is 7.07. The quantitative estimate of drug-likeness (QED) is 0.262. The molecule has 3 N–H and O–H groups in total. The highest BCUT2D eigenvalue weighted by molar-refractivity contribution is 7.23. The van der Waals surface area contributed by atoms with Crippen LogP contribution in [-0.4, -0.2) is 70.6 Å². The Kier molecular flexibility index (Phi) is 7.03. The van der Waals surface area contributed by atoms with Crippen LogP contribution in [0.1, 0.15) is 36.8 Å². The van der Waals surface area contributed by atoms with Gasteiger partial charge in [0, 0.05) is 42.4 Å². The number of aliphatic hydroxyl groups is 1. The van der Waals surface area contributed by atoms with Gasteiger partial charge in [-0.05, 0) is 43.5 Å². The number of anilines is 2. The Morgan fingerprint density at radius 2 is 2.00 bits per heavy atom. The highest BCUT2D eigenvalue weighted by Gasteiger charge is 2.49. The number of alkyl halides is 4. The van der Waals surface area contributed by atoms with E-state index in [0.29, 0.717) is 30.7 Å². The van der Waals surface area contributed by atoms with E-state index < -0.39 is 52.3 Å². The Balaban J connectivity index is 1.46. The van der Waals surface area contributed by atoms with Crippen molar-refractivity contribution >= 4 is 43.1 Å². The molecule has 15 heteroatoms. The molecular weight excluding hydrogens is 622 g/mol. The summed E-state index contributed by atoms with van der Waals surface area (Å²) in [5.74, 6) is -2.25. The van der Waals surface area contributed by atoms with E-state index in [0.717, 1.165) is 24.6 Å². The maximum Gasteiger partial charge on any atom is 0.417 e. The van der Waals surface area contributed by atoms with Crippen molar-refractivity contribution in [3.05, 3.63) is 41.0 Å². The molecule has 236 valence electrons. The van der Waals surface area contributed by atoms with E-state index in [1.54, 1.807) is 6.07 Å². The van der Waals surface area contributed by atoms with Gasteiger partial charge < -0.3 is 20.5 Å². The van der Waals surface area contributed by atoms with E-state index in [1.807, 2.05) is 4.90 Å². The van der Waals surface area contributed by atoms with E-state index in [1.165, 1.54) is 4.90 Å². The van der Waals surface area contributed by atoms with Crippen LogP contribution >= 0.6 is 11.3 Å². The smallest absolute Gasteiger partial charge is 0.417 e. The zero-order valence-corrected chi connectivity index (χ0v) is 24.4. The summed E-state index contributed by atoms with van der Waals surface area (Å²) in [7, 11) is 0. The van der Waals surface area contributed by atoms with E-state index in [2.05, 4.69) is 9.97 Å². The summed E-state index contributed by atoms with van der Waals surface area (Å²) in [6.07, 6.45) is -4.84. The highest BCUT2D eigenvalue weighted by Crippen LogP contribution is 2.48. The molecule has 2 aromatic carbocycles. The predicted molar refractivity (Wildman–Crippen MR) is 156 cm³/mol. The van der Waals surface area contributed by atoms with Crippen LogP contribution in [0, 0.1) is 23.0 Å². The summed E-state index contributed by atoms with van der Waals surface area (Å²) in [4.78, 5) is 12.2. The molecule has 0 spiro atoms. The fourth-order valence-corrected chi connectivity index (χ4v) is 8.02. The van der Waals surface area contributed by atoms with Crippen LogP contribution in [0.2, 0.25) is 0 Å². The van der Waals surface area contributed by atoms with E-state index in [4.69, 9.17) is 10.5 Å². The average molecular weight is 649 g/mol. The molecule has 0 saturated carbocycles. The van der Waals surface area contributed by atoms with Gasteiger partial charge in [-0.1, -0.05) is 6.07 Å². The number of ether oxygens (including phenoxy) is 1. The van der Waals surface area contributed by atoms with Crippen molar-refractivity contribution < 1.29 is 36.2 Å². The number of rotatable bonds is 5. The van der Waals surface area contributed by atoms with Gasteiger partial charge in [-0.25, -0.2) is 13.2 Å². The lowest BCUT2D eigenvalue weighted by Gasteiger charge is -2.31. The zero-order chi connectivity index (χ0) is 31.8. The minimum atomic E-state index is -5.09. The lowest BCUT2D eigenvalue weighted by Crippen LogP contribution is -2.43. The summed E-state index contributed by atoms with van der Waals surface area (Å²) in [6.45, 7) is 1.23. The van der Waals surface area contributed by atoms with Gasteiger partial charge in [-0.2, -0.15) is 28.4 Å². The minimum absolute atomic E-state index is 0.00556. The van der Waals surface area contributed by atoms with Crippen LogP contribution in [0.15, 0.2) is 18.2 Å². The Morgan fingerprint density at radius 1 is 1.20 bits per heavy atom. The molecule has 45 heavy (non-hydrogen) atoms. The third kappa shape index (κ3) is 4.81. The Bertz CT molecular complexity index is 1890. The van der Waals surface area contributed by atoms with E-state index in [9.17, 15) is 32.3 Å². The number of nitrogens with two attached hydrogens (primary N) is 1. The first-order valence-corrected chi connectivity index (χ1v) is 15.2. The fraction of sp³-hybridized carbons (Fsp3) is 0.433. The Morgan fingerprint density at radius 3 is 2.71 bits per heavy atom. The first kappa shape index (κ1) is 29.8. The number of β-amino-alcohol motifs (C(OH)–C–C–N with tert-alkyl or cyclic N) is 1. The molecule has 2 aromatic heterocycles. The van der Waals surface area contributed by atoms with Gasteiger partial charge in [0.2, 0.25) is 0 Å². The number of halogens is 6. The van der Waals surface area contributed by atoms with Crippen molar-refractivity contribution in [2.75, 3.05) is 43.4 Å². The van der Waals surface area contributed by atoms with Crippen LogP contribution in [-0.2, 0) is 6.18 Å². The van der Waals surface area contributed by atoms with Crippen LogP contribution in [0.25, 0.3) is 32.1 Å². The Hall–Kier alpha value is -3.87. The van der Waals surface area contributed by atoms with Gasteiger partial charge in [-0.15, -0.1) is 11.3 Å². The van der Waals surface area contributed by atoms with Gasteiger partial charge >= 0.3 is 12.2 Å². The normalized spacial score (nSPS) is 23.7. The summed E-state index contributed by atoms with van der Waals surface area (Å²) >= 11 is 0.679. The number of nitrogens with zero attached hydrogens (tertiary/aromatic N) is 5. The van der Waals surface area contributed by atoms with Crippen molar-refractivity contribution in [1.29, 1.82) is 5.26 Å². The zero-order valence-electron chi connectivity index (χ0n) is 23.6. The highest BCUT2D eigenvalue weighted by atomic mass is 32.1. The molecule has 0 amide bonds. The molecule has 4 aromatic rings. The maximum atomic E-state index is 16.8. The van der Waals surface area contributed by atoms with Crippen molar-refractivity contribution in [2.45, 2.75) is 49.7 Å². The molecule has 0 radical (unpaired) electrons. The number of hydrogen-bond donors (Lipinski definition) is 2. The summed E-state index contributed by atoms with van der Waals surface area (Å²) in [6, 6.07) is 4.11. The van der Waals surface area contributed by atoms with Crippen molar-refractivity contribution in [3.63, 3.8) is 0 Å². The van der Waals surface area contributed by atoms with Gasteiger partial charge in [0.1, 0.15) is 41.0 Å². The predicted octanol–water partition coefficient (Wildman–Crippen LogP) is 5.79. The summed E-state index contributed by atoms with van der Waals surface area (Å²) in [5, 5.41) is 19.3. The largest absolute Gasteiger partial charge is 0.461 e. The number of nitriles is 1. The molecule has 0 aliphatic carbocycles. The Labute approximate surface area is 256 Å². The van der Waals surface area contributed by atoms with Crippen LogP contribution in [0.3, 0.4) is 0 Å². The first-order chi connectivity index (χ1) is 21.4. The topological polar surface area (TPSA) is 112 Å². The number of hydrogen-bond acceptors (Lipinski definition) is 9. The average Bonchev–Trinajstić information content (AvgIpc) is 3.74. The summed E-state index contributed by atoms with van der Waals surface area (Å²) < 4.78 is 95.9. The lowest BCUT2D eigenvalue weighted by molar-refractivity contribution is -0.137. The van der Waals surface area contributed by atoms with Crippen LogP contribution in [0.4, 0.5) is 37.2 Å². The molecule has 3 saturated heterocycles. The standard InChI is InChI=1S/C30H26F6N6O2S/c31-14-9-29(5-1-6-42(29)11-14)13-44-28-39-24-17(27(40-28)41-7-4-15(43)12-41)8-19(30(34,35)36)22(23(24)33)16-2-3-20(32)25-21(16)18(10-37)26(38)45-25/h2-3,8,14-15,43H,1,4-7,9,11-13,38H2/t14-,15+,29+/m1/s1. The van der Waals surface area contributed by atoms with Crippen molar-refractivity contribution in [2.24, 2.45) is 0 Å². The molecule has 3 fully saturated rings. The van der Waals surface area contributed by atoms with Crippen LogP contribution in [0.5, 0.6) is 6.01 Å². The SMILES string of the molecule is N#Cc1c(N)sc2c(F)ccc(-c3c(C(F)(F)F)cc4c(N5CC[C@H](O)C5)nc(OC[C@@]56CCCN5C[C@H](F)C6)nc4c3F)c12. The second kappa shape index (κ2) is 10.6. The number of fused-ring (bicyclic) bond motifs is 3. The summed E-state index contributed by atoms with van der Waals surface area (Å²) in [5.41, 5.74) is 1.87. The molecule has 8 nitrogen and oxygen atoms in total. The van der Waals surface area contributed by atoms with Gasteiger partial charge in [-0.3, -0.25) is 4.90 Å². The molecule has 0 unspecified atom stereocenters. The maximum absolute atomic E-state index is 16.8. The lowest BCUT2D eigenvalue weighted by atomic mass is 9.92. The number of thiophene rings is 1. The molecule has 3 atom stereocenters. The second-order valence-electron chi connectivity index (χ2n) is 11.8.